The van der Waals surface area contributed by atoms with Crippen molar-refractivity contribution in [3.8, 4) is 23.0 Å². The predicted octanol–water partition coefficient (Wildman–Crippen LogP) is 4.05. The van der Waals surface area contributed by atoms with Crippen LogP contribution in [-0.2, 0) is 16.1 Å². The average molecular weight is 505 g/mol. The third-order valence-corrected chi connectivity index (χ3v) is 6.31. The summed E-state index contributed by atoms with van der Waals surface area (Å²) in [5.41, 5.74) is 2.28. The van der Waals surface area contributed by atoms with E-state index < -0.39 is 17.7 Å². The topological polar surface area (TPSA) is 107 Å². The summed E-state index contributed by atoms with van der Waals surface area (Å²) in [7, 11) is 5.99. The smallest absolute Gasteiger partial charge is 0.295 e. The zero-order valence-electron chi connectivity index (χ0n) is 21.3. The molecule has 0 unspecified atom stereocenters. The third kappa shape index (κ3) is 4.67. The van der Waals surface area contributed by atoms with Gasteiger partial charge >= 0.3 is 0 Å². The second kappa shape index (κ2) is 10.6. The number of benzene rings is 2. The maximum Gasteiger partial charge on any atom is 0.295 e. The molecule has 37 heavy (non-hydrogen) atoms. The molecule has 1 N–H and O–H groups in total. The van der Waals surface area contributed by atoms with Gasteiger partial charge in [-0.2, -0.15) is 0 Å². The molecule has 0 spiro atoms. The summed E-state index contributed by atoms with van der Waals surface area (Å²) in [5, 5.41) is 11.5. The summed E-state index contributed by atoms with van der Waals surface area (Å²) in [6.07, 6.45) is 3.25. The van der Waals surface area contributed by atoms with Crippen LogP contribution in [0.15, 0.2) is 60.4 Å². The highest BCUT2D eigenvalue weighted by Crippen LogP contribution is 2.46. The molecule has 2 heterocycles. The van der Waals surface area contributed by atoms with E-state index in [2.05, 4.69) is 4.98 Å². The van der Waals surface area contributed by atoms with Gasteiger partial charge in [0.15, 0.2) is 11.5 Å². The van der Waals surface area contributed by atoms with Gasteiger partial charge in [0.2, 0.25) is 5.75 Å². The van der Waals surface area contributed by atoms with Gasteiger partial charge in [-0.1, -0.05) is 6.07 Å². The Labute approximate surface area is 214 Å². The van der Waals surface area contributed by atoms with Crippen molar-refractivity contribution in [3.63, 3.8) is 0 Å². The van der Waals surface area contributed by atoms with Gasteiger partial charge in [0.25, 0.3) is 11.7 Å². The molecule has 0 aliphatic carbocycles. The van der Waals surface area contributed by atoms with Gasteiger partial charge in [0.05, 0.1) is 40.1 Å². The van der Waals surface area contributed by atoms with E-state index >= 15 is 0 Å². The van der Waals surface area contributed by atoms with Gasteiger partial charge in [-0.3, -0.25) is 14.6 Å². The largest absolute Gasteiger partial charge is 0.507 e. The zero-order chi connectivity index (χ0) is 26.7. The van der Waals surface area contributed by atoms with Crippen molar-refractivity contribution in [3.05, 3.63) is 82.7 Å². The highest BCUT2D eigenvalue weighted by molar-refractivity contribution is 6.46. The summed E-state index contributed by atoms with van der Waals surface area (Å²) in [6.45, 7) is 1.88. The highest BCUT2D eigenvalue weighted by Gasteiger charge is 2.46. The molecule has 0 bridgehead atoms. The van der Waals surface area contributed by atoms with E-state index in [0.717, 1.165) is 5.56 Å². The first-order valence-electron chi connectivity index (χ1n) is 11.5. The van der Waals surface area contributed by atoms with Crippen molar-refractivity contribution in [1.29, 1.82) is 0 Å². The van der Waals surface area contributed by atoms with Gasteiger partial charge in [0, 0.05) is 24.5 Å². The number of Topliss-reactive ketones (excluding diaryl/α,β-unsaturated/α-hetero) is 1. The number of carbonyl (C=O) groups is 2. The fourth-order valence-corrected chi connectivity index (χ4v) is 4.51. The van der Waals surface area contributed by atoms with Crippen LogP contribution in [0.1, 0.15) is 28.3 Å². The van der Waals surface area contributed by atoms with Crippen LogP contribution in [0.25, 0.3) is 5.76 Å². The van der Waals surface area contributed by atoms with Crippen LogP contribution in [0.2, 0.25) is 0 Å². The molecule has 1 aromatic heterocycles. The summed E-state index contributed by atoms with van der Waals surface area (Å²) in [6, 6.07) is 11.1. The molecule has 3 aromatic rings. The first kappa shape index (κ1) is 25.6. The lowest BCUT2D eigenvalue weighted by atomic mass is 9.93. The maximum atomic E-state index is 13.4. The summed E-state index contributed by atoms with van der Waals surface area (Å²) in [4.78, 5) is 32.3. The number of ether oxygens (including phenoxy) is 4. The molecule has 4 rings (SSSR count). The molecule has 192 valence electrons. The molecule has 9 heteroatoms. The standard InChI is InChI=1S/C28H28N2O7/c1-16-11-19(34-2)8-9-20(16)25(31)23-24(18-12-21(35-3)27(37-5)22(13-18)36-4)30(28(33)26(23)32)15-17-7-6-10-29-14-17/h6-14,24,31H,15H2,1-5H3/t24-/m1/s1. The number of ketones is 1. The lowest BCUT2D eigenvalue weighted by Crippen LogP contribution is -2.29. The molecular weight excluding hydrogens is 476 g/mol. The fourth-order valence-electron chi connectivity index (χ4n) is 4.51. The lowest BCUT2D eigenvalue weighted by molar-refractivity contribution is -0.140. The normalized spacial score (nSPS) is 16.6. The van der Waals surface area contributed by atoms with E-state index in [1.807, 2.05) is 6.07 Å². The molecule has 2 aromatic carbocycles. The van der Waals surface area contributed by atoms with Crippen molar-refractivity contribution >= 4 is 17.4 Å². The number of nitrogens with zero attached hydrogens (tertiary/aromatic N) is 2. The minimum absolute atomic E-state index is 0.0450. The number of hydrogen-bond donors (Lipinski definition) is 1. The van der Waals surface area contributed by atoms with Crippen LogP contribution < -0.4 is 18.9 Å². The van der Waals surface area contributed by atoms with Gasteiger partial charge in [-0.05, 0) is 60.0 Å². The molecule has 9 nitrogen and oxygen atoms in total. The number of aliphatic hydroxyl groups excluding tert-OH is 1. The molecule has 1 amide bonds. The molecule has 1 aliphatic heterocycles. The molecule has 1 atom stereocenters. The first-order chi connectivity index (χ1) is 17.8. The van der Waals surface area contributed by atoms with Crippen LogP contribution in [0.5, 0.6) is 23.0 Å². The number of likely N-dealkylation sites (tertiary alicyclic amines) is 1. The molecular formula is C28H28N2O7. The van der Waals surface area contributed by atoms with E-state index in [4.69, 9.17) is 18.9 Å². The number of pyridine rings is 1. The number of aryl methyl sites for hydroxylation is 1. The van der Waals surface area contributed by atoms with Crippen LogP contribution in [0.3, 0.4) is 0 Å². The van der Waals surface area contributed by atoms with Gasteiger partial charge < -0.3 is 29.0 Å². The van der Waals surface area contributed by atoms with E-state index in [9.17, 15) is 14.7 Å². The summed E-state index contributed by atoms with van der Waals surface area (Å²) < 4.78 is 21.7. The van der Waals surface area contributed by atoms with Crippen molar-refractivity contribution in [2.24, 2.45) is 0 Å². The van der Waals surface area contributed by atoms with E-state index in [-0.39, 0.29) is 17.9 Å². The van der Waals surface area contributed by atoms with Crippen molar-refractivity contribution in [2.45, 2.75) is 19.5 Å². The fraction of sp³-hybridized carbons (Fsp3) is 0.250. The van der Waals surface area contributed by atoms with Crippen molar-refractivity contribution < 1.29 is 33.6 Å². The number of aliphatic hydroxyl groups is 1. The molecule has 0 saturated carbocycles. The van der Waals surface area contributed by atoms with E-state index in [1.54, 1.807) is 62.8 Å². The molecule has 0 radical (unpaired) electrons. The summed E-state index contributed by atoms with van der Waals surface area (Å²) >= 11 is 0. The highest BCUT2D eigenvalue weighted by atomic mass is 16.5. The Morgan fingerprint density at radius 3 is 2.22 bits per heavy atom. The Bertz CT molecular complexity index is 1340. The first-order valence-corrected chi connectivity index (χ1v) is 11.5. The minimum atomic E-state index is -0.935. The van der Waals surface area contributed by atoms with Gasteiger partial charge in [-0.25, -0.2) is 0 Å². The maximum absolute atomic E-state index is 13.4. The number of rotatable bonds is 8. The molecule has 1 saturated heterocycles. The second-order valence-electron chi connectivity index (χ2n) is 8.43. The Morgan fingerprint density at radius 1 is 0.973 bits per heavy atom. The average Bonchev–Trinajstić information content (AvgIpc) is 3.17. The Balaban J connectivity index is 1.96. The zero-order valence-corrected chi connectivity index (χ0v) is 21.3. The lowest BCUT2D eigenvalue weighted by Gasteiger charge is -2.26. The molecule has 1 aliphatic rings. The van der Waals surface area contributed by atoms with E-state index in [1.165, 1.54) is 26.2 Å². The number of amides is 1. The van der Waals surface area contributed by atoms with Crippen LogP contribution in [0, 0.1) is 6.92 Å². The second-order valence-corrected chi connectivity index (χ2v) is 8.43. The molecule has 1 fully saturated rings. The number of hydrogen-bond acceptors (Lipinski definition) is 8. The number of aromatic nitrogens is 1. The Kier molecular flexibility index (Phi) is 7.33. The van der Waals surface area contributed by atoms with Gasteiger partial charge in [0.1, 0.15) is 11.5 Å². The number of methoxy groups -OCH3 is 4. The van der Waals surface area contributed by atoms with E-state index in [0.29, 0.717) is 39.7 Å². The van der Waals surface area contributed by atoms with Gasteiger partial charge in [-0.15, -0.1) is 0 Å². The van der Waals surface area contributed by atoms with Crippen molar-refractivity contribution in [1.82, 2.24) is 9.88 Å². The van der Waals surface area contributed by atoms with Crippen molar-refractivity contribution in [2.75, 3.05) is 28.4 Å². The SMILES string of the molecule is COc1ccc(C(O)=C2C(=O)C(=O)N(Cc3cccnc3)[C@@H]2c2cc(OC)c(OC)c(OC)c2)c(C)c1. The minimum Gasteiger partial charge on any atom is -0.507 e. The van der Waals surface area contributed by atoms with Crippen LogP contribution >= 0.6 is 0 Å². The predicted molar refractivity (Wildman–Crippen MR) is 136 cm³/mol. The quantitative estimate of drug-likeness (QED) is 0.278. The Hall–Kier alpha value is -4.53. The number of carbonyl (C=O) groups excluding carboxylic acids is 2. The third-order valence-electron chi connectivity index (χ3n) is 6.31. The summed E-state index contributed by atoms with van der Waals surface area (Å²) in [5.74, 6) is -0.151. The van der Waals surface area contributed by atoms with Crippen LogP contribution in [0.4, 0.5) is 0 Å². The Morgan fingerprint density at radius 2 is 1.68 bits per heavy atom. The monoisotopic (exact) mass is 504 g/mol. The van der Waals surface area contributed by atoms with Crippen LogP contribution in [-0.4, -0.2) is 55.1 Å².